The second kappa shape index (κ2) is 4.77. The van der Waals surface area contributed by atoms with Crippen molar-refractivity contribution in [2.75, 3.05) is 13.2 Å². The summed E-state index contributed by atoms with van der Waals surface area (Å²) in [5.74, 6) is 0.656. The Bertz CT molecular complexity index is 305. The van der Waals surface area contributed by atoms with Gasteiger partial charge in [-0.2, -0.15) is 5.10 Å². The molecule has 0 aliphatic carbocycles. The summed E-state index contributed by atoms with van der Waals surface area (Å²) in [7, 11) is 1.93. The first-order valence-electron chi connectivity index (χ1n) is 5.56. The van der Waals surface area contributed by atoms with Gasteiger partial charge < -0.3 is 10.5 Å². The standard InChI is InChI=1S/C11H19N3O/c1-14-4-2-11(13-14)7-10(12)6-9-3-5-15-8-9/h2,4,9-10H,3,5-8,12H2,1H3. The van der Waals surface area contributed by atoms with Crippen LogP contribution in [-0.4, -0.2) is 29.0 Å². The second-order valence-corrected chi connectivity index (χ2v) is 4.41. The number of aryl methyl sites for hydroxylation is 1. The Hall–Kier alpha value is -0.870. The summed E-state index contributed by atoms with van der Waals surface area (Å²) in [5, 5.41) is 4.33. The highest BCUT2D eigenvalue weighted by Gasteiger charge is 2.19. The normalized spacial score (nSPS) is 23.2. The van der Waals surface area contributed by atoms with E-state index in [-0.39, 0.29) is 6.04 Å². The molecule has 0 aromatic carbocycles. The molecule has 1 aromatic heterocycles. The van der Waals surface area contributed by atoms with Crippen LogP contribution in [0.1, 0.15) is 18.5 Å². The van der Waals surface area contributed by atoms with Gasteiger partial charge in [0.25, 0.3) is 0 Å². The summed E-state index contributed by atoms with van der Waals surface area (Å²) in [5.41, 5.74) is 7.18. The molecule has 4 nitrogen and oxygen atoms in total. The topological polar surface area (TPSA) is 53.1 Å². The fourth-order valence-electron chi connectivity index (χ4n) is 2.12. The van der Waals surface area contributed by atoms with Crippen molar-refractivity contribution in [3.8, 4) is 0 Å². The lowest BCUT2D eigenvalue weighted by Gasteiger charge is -2.13. The van der Waals surface area contributed by atoms with Gasteiger partial charge in [0, 0.05) is 38.9 Å². The van der Waals surface area contributed by atoms with Crippen molar-refractivity contribution in [2.24, 2.45) is 18.7 Å². The van der Waals surface area contributed by atoms with E-state index in [1.54, 1.807) is 0 Å². The number of rotatable bonds is 4. The minimum absolute atomic E-state index is 0.214. The highest BCUT2D eigenvalue weighted by Crippen LogP contribution is 2.18. The largest absolute Gasteiger partial charge is 0.381 e. The Morgan fingerprint density at radius 3 is 3.20 bits per heavy atom. The van der Waals surface area contributed by atoms with E-state index in [1.165, 1.54) is 0 Å². The average molecular weight is 209 g/mol. The van der Waals surface area contributed by atoms with E-state index >= 15 is 0 Å². The Kier molecular flexibility index (Phi) is 3.38. The van der Waals surface area contributed by atoms with Crippen molar-refractivity contribution in [3.05, 3.63) is 18.0 Å². The van der Waals surface area contributed by atoms with Gasteiger partial charge in [-0.15, -0.1) is 0 Å². The first-order valence-corrected chi connectivity index (χ1v) is 5.56. The SMILES string of the molecule is Cn1ccc(CC(N)CC2CCOC2)n1. The zero-order valence-corrected chi connectivity index (χ0v) is 9.22. The number of nitrogens with two attached hydrogens (primary N) is 1. The molecule has 2 N–H and O–H groups in total. The minimum Gasteiger partial charge on any atom is -0.381 e. The molecule has 0 spiro atoms. The van der Waals surface area contributed by atoms with Gasteiger partial charge in [0.15, 0.2) is 0 Å². The van der Waals surface area contributed by atoms with Crippen LogP contribution >= 0.6 is 0 Å². The highest BCUT2D eigenvalue weighted by atomic mass is 16.5. The van der Waals surface area contributed by atoms with E-state index < -0.39 is 0 Å². The molecule has 1 aromatic rings. The highest BCUT2D eigenvalue weighted by molar-refractivity contribution is 5.01. The lowest BCUT2D eigenvalue weighted by molar-refractivity contribution is 0.182. The van der Waals surface area contributed by atoms with Crippen LogP contribution in [0.3, 0.4) is 0 Å². The van der Waals surface area contributed by atoms with E-state index in [1.807, 2.05) is 24.0 Å². The molecule has 1 fully saturated rings. The molecule has 0 radical (unpaired) electrons. The zero-order chi connectivity index (χ0) is 10.7. The zero-order valence-electron chi connectivity index (χ0n) is 9.22. The predicted octanol–water partition coefficient (Wildman–Crippen LogP) is 0.716. The molecule has 2 heterocycles. The summed E-state index contributed by atoms with van der Waals surface area (Å²) in [6.45, 7) is 1.79. The van der Waals surface area contributed by atoms with Crippen molar-refractivity contribution in [2.45, 2.75) is 25.3 Å². The van der Waals surface area contributed by atoms with Gasteiger partial charge in [0.2, 0.25) is 0 Å². The molecule has 2 unspecified atom stereocenters. The van der Waals surface area contributed by atoms with Gasteiger partial charge in [-0.1, -0.05) is 0 Å². The van der Waals surface area contributed by atoms with E-state index in [9.17, 15) is 0 Å². The predicted molar refractivity (Wildman–Crippen MR) is 58.4 cm³/mol. The molecule has 15 heavy (non-hydrogen) atoms. The lowest BCUT2D eigenvalue weighted by Crippen LogP contribution is -2.26. The summed E-state index contributed by atoms with van der Waals surface area (Å²) >= 11 is 0. The van der Waals surface area contributed by atoms with Crippen LogP contribution in [0.4, 0.5) is 0 Å². The van der Waals surface area contributed by atoms with Crippen molar-refractivity contribution >= 4 is 0 Å². The maximum Gasteiger partial charge on any atom is 0.0639 e. The number of nitrogens with zero attached hydrogens (tertiary/aromatic N) is 2. The van der Waals surface area contributed by atoms with Gasteiger partial charge >= 0.3 is 0 Å². The third-order valence-electron chi connectivity index (χ3n) is 2.90. The van der Waals surface area contributed by atoms with Crippen molar-refractivity contribution in [1.29, 1.82) is 0 Å². The van der Waals surface area contributed by atoms with E-state index in [4.69, 9.17) is 10.5 Å². The Labute approximate surface area is 90.4 Å². The molecule has 1 saturated heterocycles. The number of ether oxygens (including phenoxy) is 1. The fraction of sp³-hybridized carbons (Fsp3) is 0.727. The average Bonchev–Trinajstić information content (AvgIpc) is 2.77. The van der Waals surface area contributed by atoms with Crippen LogP contribution in [0, 0.1) is 5.92 Å². The molecule has 0 bridgehead atoms. The van der Waals surface area contributed by atoms with Crippen LogP contribution in [0.5, 0.6) is 0 Å². The number of hydrogen-bond donors (Lipinski definition) is 1. The Morgan fingerprint density at radius 1 is 1.73 bits per heavy atom. The Morgan fingerprint density at radius 2 is 2.60 bits per heavy atom. The quantitative estimate of drug-likeness (QED) is 0.795. The van der Waals surface area contributed by atoms with Crippen LogP contribution in [0.2, 0.25) is 0 Å². The van der Waals surface area contributed by atoms with Gasteiger partial charge in [-0.05, 0) is 24.8 Å². The van der Waals surface area contributed by atoms with Gasteiger partial charge in [0.05, 0.1) is 5.69 Å². The minimum atomic E-state index is 0.214. The van der Waals surface area contributed by atoms with Crippen molar-refractivity contribution < 1.29 is 4.74 Å². The third-order valence-corrected chi connectivity index (χ3v) is 2.90. The van der Waals surface area contributed by atoms with Crippen molar-refractivity contribution in [3.63, 3.8) is 0 Å². The lowest BCUT2D eigenvalue weighted by atomic mass is 9.97. The monoisotopic (exact) mass is 209 g/mol. The van der Waals surface area contributed by atoms with E-state index in [2.05, 4.69) is 5.10 Å². The third kappa shape index (κ3) is 3.04. The summed E-state index contributed by atoms with van der Waals surface area (Å²) in [4.78, 5) is 0. The Balaban J connectivity index is 1.78. The first kappa shape index (κ1) is 10.6. The molecule has 0 saturated carbocycles. The maximum absolute atomic E-state index is 6.09. The van der Waals surface area contributed by atoms with Crippen LogP contribution in [-0.2, 0) is 18.2 Å². The fourth-order valence-corrected chi connectivity index (χ4v) is 2.12. The van der Waals surface area contributed by atoms with Crippen LogP contribution in [0.15, 0.2) is 12.3 Å². The molecule has 2 atom stereocenters. The maximum atomic E-state index is 6.09. The molecule has 84 valence electrons. The first-order chi connectivity index (χ1) is 7.24. The van der Waals surface area contributed by atoms with E-state index in [0.29, 0.717) is 5.92 Å². The smallest absolute Gasteiger partial charge is 0.0639 e. The molecule has 1 aliphatic rings. The van der Waals surface area contributed by atoms with Gasteiger partial charge in [-0.25, -0.2) is 0 Å². The number of hydrogen-bond acceptors (Lipinski definition) is 3. The summed E-state index contributed by atoms with van der Waals surface area (Å²) in [6, 6.07) is 2.25. The second-order valence-electron chi connectivity index (χ2n) is 4.41. The molecule has 2 rings (SSSR count). The van der Waals surface area contributed by atoms with Gasteiger partial charge in [0.1, 0.15) is 0 Å². The molecule has 0 amide bonds. The molecular formula is C11H19N3O. The molecule has 1 aliphatic heterocycles. The molecule has 4 heteroatoms. The van der Waals surface area contributed by atoms with Crippen LogP contribution < -0.4 is 5.73 Å². The molecular weight excluding hydrogens is 190 g/mol. The summed E-state index contributed by atoms with van der Waals surface area (Å²) in [6.07, 6.45) is 5.05. The van der Waals surface area contributed by atoms with E-state index in [0.717, 1.165) is 38.2 Å². The summed E-state index contributed by atoms with van der Waals surface area (Å²) < 4.78 is 7.16. The van der Waals surface area contributed by atoms with Gasteiger partial charge in [-0.3, -0.25) is 4.68 Å². The van der Waals surface area contributed by atoms with Crippen molar-refractivity contribution in [1.82, 2.24) is 9.78 Å². The number of aromatic nitrogens is 2. The van der Waals surface area contributed by atoms with Crippen LogP contribution in [0.25, 0.3) is 0 Å².